The first-order chi connectivity index (χ1) is 12.7. The van der Waals surface area contributed by atoms with E-state index in [-0.39, 0.29) is 24.7 Å². The van der Waals surface area contributed by atoms with Crippen molar-refractivity contribution in [3.8, 4) is 0 Å². The van der Waals surface area contributed by atoms with E-state index in [1.807, 2.05) is 20.8 Å². The van der Waals surface area contributed by atoms with E-state index in [2.05, 4.69) is 13.8 Å². The van der Waals surface area contributed by atoms with Crippen molar-refractivity contribution in [1.29, 1.82) is 0 Å². The molecule has 0 aromatic heterocycles. The Bertz CT molecular complexity index is 395. The van der Waals surface area contributed by atoms with E-state index >= 15 is 0 Å². The fraction of sp³-hybridized carbons (Fsp3) is 1.00. The minimum atomic E-state index is -1.22. The first-order valence-corrected chi connectivity index (χ1v) is 10.3. The summed E-state index contributed by atoms with van der Waals surface area (Å²) in [6, 6.07) is 0. The van der Waals surface area contributed by atoms with Crippen molar-refractivity contribution >= 4 is 0 Å². The second-order valence-electron chi connectivity index (χ2n) is 7.91. The highest BCUT2D eigenvalue weighted by Crippen LogP contribution is 2.27. The molecule has 1 fully saturated rings. The monoisotopic (exact) mass is 392 g/mol. The summed E-state index contributed by atoms with van der Waals surface area (Å²) in [7, 11) is 0. The van der Waals surface area contributed by atoms with Crippen LogP contribution in [0, 0.1) is 11.8 Å². The summed E-state index contributed by atoms with van der Waals surface area (Å²) >= 11 is 0. The molecule has 9 atom stereocenters. The number of ether oxygens (including phenoxy) is 3. The molecule has 7 heteroatoms. The van der Waals surface area contributed by atoms with Crippen LogP contribution in [0.4, 0.5) is 0 Å². The van der Waals surface area contributed by atoms with Gasteiger partial charge >= 0.3 is 0 Å². The van der Waals surface area contributed by atoms with Crippen molar-refractivity contribution in [3.05, 3.63) is 0 Å². The van der Waals surface area contributed by atoms with Crippen molar-refractivity contribution in [1.82, 2.24) is 0 Å². The highest BCUT2D eigenvalue weighted by atomic mass is 16.7. The van der Waals surface area contributed by atoms with E-state index in [0.717, 1.165) is 12.8 Å². The Hall–Kier alpha value is -0.280. The van der Waals surface area contributed by atoms with Crippen LogP contribution in [-0.2, 0) is 14.2 Å². The molecule has 7 nitrogen and oxygen atoms in total. The van der Waals surface area contributed by atoms with Gasteiger partial charge in [-0.2, -0.15) is 0 Å². The van der Waals surface area contributed by atoms with E-state index in [9.17, 15) is 20.4 Å². The maximum absolute atomic E-state index is 10.4. The van der Waals surface area contributed by atoms with Gasteiger partial charge in [-0.05, 0) is 31.6 Å². The van der Waals surface area contributed by atoms with Gasteiger partial charge < -0.3 is 34.6 Å². The Kier molecular flexibility index (Phi) is 11.3. The zero-order chi connectivity index (χ0) is 20.6. The number of aliphatic hydroxyl groups excluding tert-OH is 4. The average Bonchev–Trinajstić information content (AvgIpc) is 2.93. The maximum atomic E-state index is 10.4. The highest BCUT2D eigenvalue weighted by Gasteiger charge is 2.44. The second kappa shape index (κ2) is 12.3. The van der Waals surface area contributed by atoms with Crippen molar-refractivity contribution in [2.45, 2.75) is 103 Å². The summed E-state index contributed by atoms with van der Waals surface area (Å²) in [5.74, 6) is 0.617. The predicted molar refractivity (Wildman–Crippen MR) is 102 cm³/mol. The van der Waals surface area contributed by atoms with Gasteiger partial charge in [0.05, 0.1) is 24.9 Å². The fourth-order valence-electron chi connectivity index (χ4n) is 3.11. The largest absolute Gasteiger partial charge is 0.394 e. The first-order valence-electron chi connectivity index (χ1n) is 10.3. The third-order valence-electron chi connectivity index (χ3n) is 5.87. The number of hydrogen-bond donors (Lipinski definition) is 4. The van der Waals surface area contributed by atoms with Crippen LogP contribution >= 0.6 is 0 Å². The van der Waals surface area contributed by atoms with E-state index in [1.165, 1.54) is 0 Å². The quantitative estimate of drug-likeness (QED) is 0.376. The van der Waals surface area contributed by atoms with Crippen molar-refractivity contribution in [2.24, 2.45) is 11.8 Å². The topological polar surface area (TPSA) is 109 Å². The molecule has 1 rings (SSSR count). The summed E-state index contributed by atoms with van der Waals surface area (Å²) in [5, 5.41) is 39.6. The maximum Gasteiger partial charge on any atom is 0.186 e. The van der Waals surface area contributed by atoms with Crippen LogP contribution in [0.5, 0.6) is 0 Å². The molecule has 162 valence electrons. The molecule has 2 unspecified atom stereocenters. The zero-order valence-corrected chi connectivity index (χ0v) is 17.5. The van der Waals surface area contributed by atoms with Gasteiger partial charge in [-0.1, -0.05) is 40.5 Å². The van der Waals surface area contributed by atoms with E-state index in [1.54, 1.807) is 0 Å². The molecule has 0 aliphatic carbocycles. The van der Waals surface area contributed by atoms with Crippen molar-refractivity contribution in [2.75, 3.05) is 13.2 Å². The number of aliphatic hydroxyl groups is 4. The van der Waals surface area contributed by atoms with Gasteiger partial charge in [-0.15, -0.1) is 0 Å². The van der Waals surface area contributed by atoms with Gasteiger partial charge in [0.1, 0.15) is 18.3 Å². The Morgan fingerprint density at radius 2 is 1.63 bits per heavy atom. The van der Waals surface area contributed by atoms with Crippen LogP contribution in [0.2, 0.25) is 0 Å². The highest BCUT2D eigenvalue weighted by molar-refractivity contribution is 4.87. The van der Waals surface area contributed by atoms with E-state index in [4.69, 9.17) is 14.2 Å². The van der Waals surface area contributed by atoms with Gasteiger partial charge in [-0.3, -0.25) is 0 Å². The summed E-state index contributed by atoms with van der Waals surface area (Å²) in [6.45, 7) is 10.5. The molecule has 1 aliphatic heterocycles. The summed E-state index contributed by atoms with van der Waals surface area (Å²) in [4.78, 5) is 0. The number of rotatable bonds is 13. The fourth-order valence-corrected chi connectivity index (χ4v) is 3.11. The molecule has 4 N–H and O–H groups in total. The third kappa shape index (κ3) is 7.57. The zero-order valence-electron chi connectivity index (χ0n) is 17.5. The third-order valence-corrected chi connectivity index (χ3v) is 5.87. The molecule has 0 aromatic rings. The van der Waals surface area contributed by atoms with Crippen LogP contribution in [-0.4, -0.2) is 76.6 Å². The van der Waals surface area contributed by atoms with Crippen LogP contribution in [0.25, 0.3) is 0 Å². The van der Waals surface area contributed by atoms with Crippen molar-refractivity contribution < 1.29 is 34.6 Å². The molecule has 1 aliphatic rings. The SMILES string of the molecule is CC[C@@H](C)C(CC(O)CCO[C@@H](C)[C@H](C)CC)O[C@@H]1O[C@@H](CO)[C@H](O)[C@H]1O. The smallest absolute Gasteiger partial charge is 0.186 e. The van der Waals surface area contributed by atoms with Crippen LogP contribution in [0.3, 0.4) is 0 Å². The molecule has 0 radical (unpaired) electrons. The van der Waals surface area contributed by atoms with E-state index < -0.39 is 30.7 Å². The average molecular weight is 393 g/mol. The lowest BCUT2D eigenvalue weighted by molar-refractivity contribution is -0.208. The lowest BCUT2D eigenvalue weighted by Gasteiger charge is -2.29. The van der Waals surface area contributed by atoms with Crippen LogP contribution in [0.15, 0.2) is 0 Å². The molecule has 0 aromatic carbocycles. The lowest BCUT2D eigenvalue weighted by Crippen LogP contribution is -2.38. The van der Waals surface area contributed by atoms with Gasteiger partial charge in [0.2, 0.25) is 0 Å². The Balaban J connectivity index is 2.52. The number of hydrogen-bond acceptors (Lipinski definition) is 7. The van der Waals surface area contributed by atoms with Crippen LogP contribution in [0.1, 0.15) is 60.3 Å². The van der Waals surface area contributed by atoms with Crippen molar-refractivity contribution in [3.63, 3.8) is 0 Å². The molecule has 27 heavy (non-hydrogen) atoms. The van der Waals surface area contributed by atoms with Gasteiger partial charge in [-0.25, -0.2) is 0 Å². The standard InChI is InChI=1S/C20H40O7/c1-6-12(3)14(5)25-9-8-15(22)10-16(13(4)7-2)26-20-19(24)18(23)17(11-21)27-20/h12-24H,6-11H2,1-5H3/t12-,13-,14+,15?,16?,17+,18+,19-,20-/m1/s1. The lowest BCUT2D eigenvalue weighted by atomic mass is 9.95. The van der Waals surface area contributed by atoms with Gasteiger partial charge in [0, 0.05) is 6.61 Å². The first kappa shape index (κ1) is 24.8. The molecule has 0 spiro atoms. The molecule has 0 bridgehead atoms. The summed E-state index contributed by atoms with van der Waals surface area (Å²) in [5.41, 5.74) is 0. The van der Waals surface area contributed by atoms with E-state index in [0.29, 0.717) is 25.4 Å². The van der Waals surface area contributed by atoms with Crippen LogP contribution < -0.4 is 0 Å². The summed E-state index contributed by atoms with van der Waals surface area (Å²) < 4.78 is 17.1. The predicted octanol–water partition coefficient (Wildman–Crippen LogP) is 1.45. The molecule has 0 saturated carbocycles. The summed E-state index contributed by atoms with van der Waals surface area (Å²) in [6.07, 6.45) is -2.24. The normalized spacial score (nSPS) is 31.4. The minimum absolute atomic E-state index is 0.140. The molecule has 0 amide bonds. The molecule has 1 heterocycles. The van der Waals surface area contributed by atoms with Gasteiger partial charge in [0.15, 0.2) is 6.29 Å². The Morgan fingerprint density at radius 1 is 1.00 bits per heavy atom. The Morgan fingerprint density at radius 3 is 2.15 bits per heavy atom. The van der Waals surface area contributed by atoms with Gasteiger partial charge in [0.25, 0.3) is 0 Å². The molecular formula is C20H40O7. The minimum Gasteiger partial charge on any atom is -0.394 e. The second-order valence-corrected chi connectivity index (χ2v) is 7.91. The molecule has 1 saturated heterocycles. The molecular weight excluding hydrogens is 352 g/mol. The Labute approximate surface area is 163 Å².